The quantitative estimate of drug-likeness (QED) is 0.680. The van der Waals surface area contributed by atoms with Crippen LogP contribution in [0.25, 0.3) is 0 Å². The summed E-state index contributed by atoms with van der Waals surface area (Å²) in [6.45, 7) is 5.87. The Morgan fingerprint density at radius 2 is 2.29 bits per heavy atom. The van der Waals surface area contributed by atoms with Gasteiger partial charge in [-0.25, -0.2) is 13.1 Å². The normalized spacial score (nSPS) is 25.1. The van der Waals surface area contributed by atoms with E-state index in [0.29, 0.717) is 13.2 Å². The van der Waals surface area contributed by atoms with Gasteiger partial charge in [0.15, 0.2) is 0 Å². The highest BCUT2D eigenvalue weighted by Gasteiger charge is 2.19. The van der Waals surface area contributed by atoms with Crippen LogP contribution in [0.2, 0.25) is 0 Å². The number of sulfonamides is 1. The van der Waals surface area contributed by atoms with Crippen molar-refractivity contribution >= 4 is 10.0 Å². The van der Waals surface area contributed by atoms with E-state index in [2.05, 4.69) is 16.5 Å². The number of nitrogens with one attached hydrogen (secondary N) is 1. The molecule has 1 fully saturated rings. The summed E-state index contributed by atoms with van der Waals surface area (Å²) < 4.78 is 29.6. The van der Waals surface area contributed by atoms with Crippen molar-refractivity contribution < 1.29 is 13.2 Å². The molecule has 0 saturated carbocycles. The van der Waals surface area contributed by atoms with E-state index in [1.54, 1.807) is 0 Å². The van der Waals surface area contributed by atoms with Crippen molar-refractivity contribution in [3.8, 4) is 0 Å². The summed E-state index contributed by atoms with van der Waals surface area (Å²) in [4.78, 5) is 2.25. The summed E-state index contributed by atoms with van der Waals surface area (Å²) in [5, 5.41) is 0. The highest BCUT2D eigenvalue weighted by Crippen LogP contribution is 2.03. The number of ether oxygens (including phenoxy) is 1. The molecule has 1 N–H and O–H groups in total. The molecule has 14 heavy (non-hydrogen) atoms. The number of likely N-dealkylation sites (N-methyl/N-ethyl adjacent to an activating group) is 1. The van der Waals surface area contributed by atoms with E-state index in [1.165, 1.54) is 0 Å². The zero-order valence-electron chi connectivity index (χ0n) is 8.69. The molecular formula is C8H18N2O3S. The molecule has 0 bridgehead atoms. The van der Waals surface area contributed by atoms with Crippen molar-refractivity contribution in [2.45, 2.75) is 13.0 Å². The topological polar surface area (TPSA) is 58.6 Å². The number of morpholine rings is 1. The predicted molar refractivity (Wildman–Crippen MR) is 54.7 cm³/mol. The number of rotatable bonds is 4. The van der Waals surface area contributed by atoms with Crippen molar-refractivity contribution in [2.24, 2.45) is 0 Å². The fourth-order valence-electron chi connectivity index (χ4n) is 1.44. The third-order valence-electron chi connectivity index (χ3n) is 2.24. The lowest BCUT2D eigenvalue weighted by Crippen LogP contribution is -2.47. The number of hydrogen-bond acceptors (Lipinski definition) is 4. The molecule has 0 amide bonds. The summed E-state index contributed by atoms with van der Waals surface area (Å²) in [6, 6.07) is 0. The Bertz CT molecular complexity index is 266. The molecule has 1 heterocycles. The predicted octanol–water partition coefficient (Wildman–Crippen LogP) is -0.744. The standard InChI is InChI=1S/C8H18N2O3S/c1-3-10-4-5-13-8(7-10)6-9-14(2,11)12/h8-9H,3-7H2,1-2H3. The van der Waals surface area contributed by atoms with Gasteiger partial charge in [-0.2, -0.15) is 0 Å². The summed E-state index contributed by atoms with van der Waals surface area (Å²) in [7, 11) is -3.10. The van der Waals surface area contributed by atoms with Gasteiger partial charge in [-0.3, -0.25) is 4.90 Å². The van der Waals surface area contributed by atoms with E-state index in [-0.39, 0.29) is 6.10 Å². The Hall–Kier alpha value is -0.170. The van der Waals surface area contributed by atoms with Gasteiger partial charge in [0.25, 0.3) is 0 Å². The molecule has 5 nitrogen and oxygen atoms in total. The SMILES string of the molecule is CCN1CCOC(CNS(C)(=O)=O)C1. The Morgan fingerprint density at radius 3 is 2.86 bits per heavy atom. The molecule has 0 aromatic carbocycles. The highest BCUT2D eigenvalue weighted by molar-refractivity contribution is 7.88. The van der Waals surface area contributed by atoms with Gasteiger partial charge in [0, 0.05) is 19.6 Å². The van der Waals surface area contributed by atoms with Gasteiger partial charge in [0.1, 0.15) is 0 Å². The van der Waals surface area contributed by atoms with Crippen molar-refractivity contribution in [3.63, 3.8) is 0 Å². The van der Waals surface area contributed by atoms with Gasteiger partial charge >= 0.3 is 0 Å². The van der Waals surface area contributed by atoms with Crippen molar-refractivity contribution in [2.75, 3.05) is 39.0 Å². The van der Waals surface area contributed by atoms with Crippen molar-refractivity contribution in [3.05, 3.63) is 0 Å². The molecule has 1 atom stereocenters. The molecular weight excluding hydrogens is 204 g/mol. The van der Waals surface area contributed by atoms with Crippen LogP contribution in [0.4, 0.5) is 0 Å². The average Bonchev–Trinajstić information content (AvgIpc) is 2.14. The van der Waals surface area contributed by atoms with E-state index in [9.17, 15) is 8.42 Å². The molecule has 1 unspecified atom stereocenters. The Balaban J connectivity index is 2.31. The fourth-order valence-corrected chi connectivity index (χ4v) is 1.92. The first-order valence-corrected chi connectivity index (χ1v) is 6.69. The molecule has 1 rings (SSSR count). The molecule has 0 spiro atoms. The summed E-state index contributed by atoms with van der Waals surface area (Å²) in [5.41, 5.74) is 0. The zero-order valence-corrected chi connectivity index (χ0v) is 9.51. The first kappa shape index (κ1) is 11.9. The van der Waals surface area contributed by atoms with Gasteiger partial charge < -0.3 is 4.74 Å². The van der Waals surface area contributed by atoms with Crippen molar-refractivity contribution in [1.29, 1.82) is 0 Å². The smallest absolute Gasteiger partial charge is 0.208 e. The zero-order chi connectivity index (χ0) is 10.6. The van der Waals surface area contributed by atoms with Crippen LogP contribution in [-0.4, -0.2) is 58.5 Å². The number of nitrogens with zero attached hydrogens (tertiary/aromatic N) is 1. The molecule has 1 aliphatic heterocycles. The molecule has 1 saturated heterocycles. The minimum atomic E-state index is -3.10. The maximum Gasteiger partial charge on any atom is 0.208 e. The first-order chi connectivity index (χ1) is 6.51. The summed E-state index contributed by atoms with van der Waals surface area (Å²) in [6.07, 6.45) is 1.14. The van der Waals surface area contributed by atoms with Crippen LogP contribution in [0, 0.1) is 0 Å². The van der Waals surface area contributed by atoms with Crippen LogP contribution in [0.1, 0.15) is 6.92 Å². The third kappa shape index (κ3) is 4.36. The van der Waals surface area contributed by atoms with Gasteiger partial charge in [-0.15, -0.1) is 0 Å². The van der Waals surface area contributed by atoms with Crippen molar-refractivity contribution in [1.82, 2.24) is 9.62 Å². The van der Waals surface area contributed by atoms with E-state index >= 15 is 0 Å². The fraction of sp³-hybridized carbons (Fsp3) is 1.00. The molecule has 0 aromatic rings. The average molecular weight is 222 g/mol. The Morgan fingerprint density at radius 1 is 1.57 bits per heavy atom. The lowest BCUT2D eigenvalue weighted by molar-refractivity contribution is -0.0229. The lowest BCUT2D eigenvalue weighted by atomic mass is 10.3. The third-order valence-corrected chi connectivity index (χ3v) is 2.93. The van der Waals surface area contributed by atoms with E-state index in [4.69, 9.17) is 4.74 Å². The van der Waals surface area contributed by atoms with E-state index < -0.39 is 10.0 Å². The van der Waals surface area contributed by atoms with E-state index in [0.717, 1.165) is 25.9 Å². The van der Waals surface area contributed by atoms with Gasteiger partial charge in [-0.1, -0.05) is 6.92 Å². The minimum absolute atomic E-state index is 0.0153. The maximum atomic E-state index is 10.8. The monoisotopic (exact) mass is 222 g/mol. The van der Waals surface area contributed by atoms with Crippen LogP contribution in [0.3, 0.4) is 0 Å². The second-order valence-electron chi connectivity index (χ2n) is 3.51. The first-order valence-electron chi connectivity index (χ1n) is 4.80. The van der Waals surface area contributed by atoms with Crippen LogP contribution < -0.4 is 4.72 Å². The summed E-state index contributed by atoms with van der Waals surface area (Å²) in [5.74, 6) is 0. The summed E-state index contributed by atoms with van der Waals surface area (Å²) >= 11 is 0. The molecule has 0 aromatic heterocycles. The van der Waals surface area contributed by atoms with Gasteiger partial charge in [0.05, 0.1) is 19.0 Å². The van der Waals surface area contributed by atoms with Crippen LogP contribution >= 0.6 is 0 Å². The van der Waals surface area contributed by atoms with Crippen LogP contribution in [0.15, 0.2) is 0 Å². The van der Waals surface area contributed by atoms with Gasteiger partial charge in [-0.05, 0) is 6.54 Å². The number of hydrogen-bond donors (Lipinski definition) is 1. The van der Waals surface area contributed by atoms with E-state index in [1.807, 2.05) is 0 Å². The molecule has 1 aliphatic rings. The van der Waals surface area contributed by atoms with Crippen LogP contribution in [0.5, 0.6) is 0 Å². The Kier molecular flexibility index (Phi) is 4.31. The Labute approximate surface area is 85.5 Å². The largest absolute Gasteiger partial charge is 0.374 e. The molecule has 84 valence electrons. The minimum Gasteiger partial charge on any atom is -0.374 e. The molecule has 0 radical (unpaired) electrons. The highest BCUT2D eigenvalue weighted by atomic mass is 32.2. The maximum absolute atomic E-state index is 10.8. The van der Waals surface area contributed by atoms with Gasteiger partial charge in [0.2, 0.25) is 10.0 Å². The second kappa shape index (κ2) is 5.06. The molecule has 6 heteroatoms. The second-order valence-corrected chi connectivity index (χ2v) is 5.34. The lowest BCUT2D eigenvalue weighted by Gasteiger charge is -2.31. The molecule has 0 aliphatic carbocycles. The van der Waals surface area contributed by atoms with Crippen LogP contribution in [-0.2, 0) is 14.8 Å².